The Balaban J connectivity index is 1.38. The maximum Gasteiger partial charge on any atom is 0.349 e. The lowest BCUT2D eigenvalue weighted by Crippen LogP contribution is -2.54. The maximum absolute atomic E-state index is 13.1. The Bertz CT molecular complexity index is 1640. The third-order valence-corrected chi connectivity index (χ3v) is 7.99. The molecule has 1 heterocycles. The summed E-state index contributed by atoms with van der Waals surface area (Å²) in [6.07, 6.45) is -0.759. The summed E-state index contributed by atoms with van der Waals surface area (Å²) in [5.74, 6) is -0.368. The number of nitrogens with zero attached hydrogens (tertiary/aromatic N) is 3. The van der Waals surface area contributed by atoms with E-state index in [0.717, 1.165) is 29.3 Å². The summed E-state index contributed by atoms with van der Waals surface area (Å²) in [6.45, 7) is 0. The fourth-order valence-electron chi connectivity index (χ4n) is 4.33. The number of H-pyrrole nitrogens is 1. The van der Waals surface area contributed by atoms with E-state index in [4.69, 9.17) is 27.9 Å². The van der Waals surface area contributed by atoms with Gasteiger partial charge < -0.3 is 15.2 Å². The highest BCUT2D eigenvalue weighted by molar-refractivity contribution is 7.80. The van der Waals surface area contributed by atoms with Crippen LogP contribution in [0.4, 0.5) is 14.5 Å². The minimum Gasteiger partial charge on any atom is -0.506 e. The van der Waals surface area contributed by atoms with E-state index >= 15 is 0 Å². The number of carbonyl (C=O) groups excluding carboxylic acids is 1. The van der Waals surface area contributed by atoms with Crippen molar-refractivity contribution in [3.05, 3.63) is 66.9 Å². The van der Waals surface area contributed by atoms with Gasteiger partial charge in [0.2, 0.25) is 5.91 Å². The van der Waals surface area contributed by atoms with Crippen LogP contribution in [0.15, 0.2) is 39.9 Å². The zero-order chi connectivity index (χ0) is 29.6. The molecule has 1 amide bonds. The van der Waals surface area contributed by atoms with Gasteiger partial charge in [-0.05, 0) is 49.9 Å². The van der Waals surface area contributed by atoms with Crippen molar-refractivity contribution in [1.29, 1.82) is 0 Å². The Morgan fingerprint density at radius 1 is 1.20 bits per heavy atom. The summed E-state index contributed by atoms with van der Waals surface area (Å²) in [4.78, 5) is 37.5. The molecule has 1 aromatic heterocycles. The molecule has 3 aromatic rings. The van der Waals surface area contributed by atoms with Gasteiger partial charge in [-0.1, -0.05) is 23.2 Å². The first kappa shape index (κ1) is 29.0. The number of aromatic nitrogens is 3. The van der Waals surface area contributed by atoms with Crippen LogP contribution in [-0.2, 0) is 16.1 Å². The predicted octanol–water partition coefficient (Wildman–Crippen LogP) is 3.66. The summed E-state index contributed by atoms with van der Waals surface area (Å²) in [5.41, 5.74) is -3.78. The highest BCUT2D eigenvalue weighted by atomic mass is 35.5. The molecule has 17 heteroatoms. The van der Waals surface area contributed by atoms with Crippen molar-refractivity contribution in [3.63, 3.8) is 0 Å². The Kier molecular flexibility index (Phi) is 8.05. The Morgan fingerprint density at radius 2 is 1.85 bits per heavy atom. The molecular formula is C24H21Cl2F2N5O7S. The van der Waals surface area contributed by atoms with E-state index in [1.165, 1.54) is 18.2 Å². The number of amides is 1. The van der Waals surface area contributed by atoms with Crippen LogP contribution >= 0.6 is 23.2 Å². The molecule has 0 bridgehead atoms. The SMILES string of the molecule is O=C(NC1CC(N(c2cc(Oc3c(Cl)cc(-n4nc(C(F)F)c(=O)[nH]c4=O)cc3Cl)ccc2O)S(=O)O)C1)C1CC1. The monoisotopic (exact) mass is 631 g/mol. The van der Waals surface area contributed by atoms with Gasteiger partial charge in [-0.15, -0.1) is 0 Å². The number of anilines is 1. The average Bonchev–Trinajstić information content (AvgIpc) is 3.71. The van der Waals surface area contributed by atoms with Crippen molar-refractivity contribution < 1.29 is 32.2 Å². The number of phenols is 1. The second kappa shape index (κ2) is 11.4. The number of rotatable bonds is 9. The van der Waals surface area contributed by atoms with Crippen molar-refractivity contribution in [3.8, 4) is 22.9 Å². The first-order valence-electron chi connectivity index (χ1n) is 12.2. The van der Waals surface area contributed by atoms with Crippen LogP contribution in [0.2, 0.25) is 10.0 Å². The van der Waals surface area contributed by atoms with Crippen molar-refractivity contribution >= 4 is 46.1 Å². The van der Waals surface area contributed by atoms with E-state index in [0.29, 0.717) is 17.5 Å². The van der Waals surface area contributed by atoms with Gasteiger partial charge in [0.05, 0.1) is 21.4 Å². The number of hydrogen-bond donors (Lipinski definition) is 4. The third-order valence-electron chi connectivity index (χ3n) is 6.60. The number of halogens is 4. The number of aromatic hydroxyl groups is 1. The number of carbonyl (C=O) groups is 1. The molecule has 1 atom stereocenters. The van der Waals surface area contributed by atoms with E-state index < -0.39 is 40.7 Å². The molecule has 218 valence electrons. The highest BCUT2D eigenvalue weighted by Crippen LogP contribution is 2.42. The second-order valence-electron chi connectivity index (χ2n) is 9.51. The number of alkyl halides is 2. The van der Waals surface area contributed by atoms with Crippen LogP contribution in [-0.4, -0.2) is 46.6 Å². The first-order valence-corrected chi connectivity index (χ1v) is 14.0. The van der Waals surface area contributed by atoms with Crippen molar-refractivity contribution in [2.45, 2.75) is 44.2 Å². The van der Waals surface area contributed by atoms with Crippen LogP contribution in [0.1, 0.15) is 37.8 Å². The molecule has 12 nitrogen and oxygen atoms in total. The van der Waals surface area contributed by atoms with E-state index in [1.54, 1.807) is 4.98 Å². The fourth-order valence-corrected chi connectivity index (χ4v) is 5.62. The van der Waals surface area contributed by atoms with E-state index in [2.05, 4.69) is 10.4 Å². The standard InChI is InChI=1S/C24H21Cl2F2N5O7S/c25-15-7-12(32-24(37)30-23(36)19(31-32)21(27)28)8-16(26)20(15)40-14-3-4-18(34)17(9-14)33(41(38)39)13-5-11(6-13)29-22(35)10-1-2-10/h3-4,7-11,13,21,34H,1-2,5-6H2,(H,29,35)(H,38,39)(H,30,36,37). The van der Waals surface area contributed by atoms with Crippen molar-refractivity contribution in [2.75, 3.05) is 4.31 Å². The lowest BCUT2D eigenvalue weighted by atomic mass is 9.86. The minimum atomic E-state index is -3.25. The maximum atomic E-state index is 13.1. The number of phenolic OH excluding ortho intramolecular Hbond substituents is 1. The van der Waals surface area contributed by atoms with E-state index in [-0.39, 0.29) is 56.5 Å². The van der Waals surface area contributed by atoms with Gasteiger partial charge in [0, 0.05) is 24.1 Å². The largest absolute Gasteiger partial charge is 0.506 e. The quantitative estimate of drug-likeness (QED) is 0.260. The zero-order valence-electron chi connectivity index (χ0n) is 20.7. The first-order chi connectivity index (χ1) is 19.4. The lowest BCUT2D eigenvalue weighted by molar-refractivity contribution is -0.123. The molecule has 2 fully saturated rings. The van der Waals surface area contributed by atoms with Gasteiger partial charge in [0.1, 0.15) is 11.5 Å². The minimum absolute atomic E-state index is 0.0207. The molecule has 0 spiro atoms. The van der Waals surface area contributed by atoms with Crippen LogP contribution in [0, 0.1) is 5.92 Å². The summed E-state index contributed by atoms with van der Waals surface area (Å²) < 4.78 is 55.9. The average molecular weight is 632 g/mol. The van der Waals surface area contributed by atoms with Gasteiger partial charge in [0.25, 0.3) is 23.3 Å². The highest BCUT2D eigenvalue weighted by Gasteiger charge is 2.40. The molecule has 2 aromatic carbocycles. The molecule has 41 heavy (non-hydrogen) atoms. The van der Waals surface area contributed by atoms with Crippen LogP contribution in [0.25, 0.3) is 5.69 Å². The Hall–Kier alpha value is -3.53. The Morgan fingerprint density at radius 3 is 2.44 bits per heavy atom. The van der Waals surface area contributed by atoms with Crippen LogP contribution < -0.4 is 25.6 Å². The summed E-state index contributed by atoms with van der Waals surface area (Å²) in [6, 6.07) is 5.55. The molecule has 0 radical (unpaired) electrons. The zero-order valence-corrected chi connectivity index (χ0v) is 23.1. The molecule has 4 N–H and O–H groups in total. The topological polar surface area (TPSA) is 167 Å². The molecule has 1 unspecified atom stereocenters. The van der Waals surface area contributed by atoms with E-state index in [9.17, 15) is 37.0 Å². The van der Waals surface area contributed by atoms with Crippen molar-refractivity contribution in [2.24, 2.45) is 5.92 Å². The van der Waals surface area contributed by atoms with Crippen LogP contribution in [0.5, 0.6) is 17.2 Å². The summed E-state index contributed by atoms with van der Waals surface area (Å²) in [5, 5.41) is 16.5. The molecule has 0 saturated heterocycles. The lowest BCUT2D eigenvalue weighted by Gasteiger charge is -2.42. The van der Waals surface area contributed by atoms with Gasteiger partial charge >= 0.3 is 5.69 Å². The molecular weight excluding hydrogens is 611 g/mol. The number of benzene rings is 2. The number of aromatic amines is 1. The smallest absolute Gasteiger partial charge is 0.349 e. The predicted molar refractivity (Wildman–Crippen MR) is 145 cm³/mol. The van der Waals surface area contributed by atoms with E-state index in [1.807, 2.05) is 0 Å². The molecule has 2 aliphatic rings. The normalized spacial score (nSPS) is 19.0. The van der Waals surface area contributed by atoms with Crippen molar-refractivity contribution in [1.82, 2.24) is 20.1 Å². The summed E-state index contributed by atoms with van der Waals surface area (Å²) in [7, 11) is 0. The fraction of sp³-hybridized carbons (Fsp3) is 0.333. The molecule has 2 aliphatic carbocycles. The van der Waals surface area contributed by atoms with Gasteiger partial charge in [-0.25, -0.2) is 17.8 Å². The molecule has 0 aliphatic heterocycles. The molecule has 2 saturated carbocycles. The number of ether oxygens (including phenoxy) is 1. The van der Waals surface area contributed by atoms with Gasteiger partial charge in [-0.2, -0.15) is 9.78 Å². The number of nitrogens with one attached hydrogen (secondary N) is 2. The number of hydrogen-bond acceptors (Lipinski definition) is 7. The second-order valence-corrected chi connectivity index (χ2v) is 11.2. The van der Waals surface area contributed by atoms with Crippen LogP contribution in [0.3, 0.4) is 0 Å². The summed E-state index contributed by atoms with van der Waals surface area (Å²) >= 11 is 10.1. The molecule has 5 rings (SSSR count). The Labute approximate surface area is 242 Å². The van der Waals surface area contributed by atoms with Gasteiger partial charge in [-0.3, -0.25) is 23.4 Å². The third kappa shape index (κ3) is 6.07. The van der Waals surface area contributed by atoms with Gasteiger partial charge in [0.15, 0.2) is 11.4 Å².